The third-order valence-electron chi connectivity index (χ3n) is 3.79. The molecule has 1 fully saturated rings. The minimum atomic E-state index is -2.96. The Labute approximate surface area is 120 Å². The maximum Gasteiger partial charge on any atom is 0.155 e. The van der Waals surface area contributed by atoms with Gasteiger partial charge in [0.15, 0.2) is 9.84 Å². The van der Waals surface area contributed by atoms with E-state index in [4.69, 9.17) is 0 Å². The topological polar surface area (TPSA) is 46.2 Å². The number of rotatable bonds is 4. The first kappa shape index (κ1) is 15.0. The Morgan fingerprint density at radius 3 is 2.68 bits per heavy atom. The molecule has 0 aliphatic carbocycles. The Kier molecular flexibility index (Phi) is 4.69. The van der Waals surface area contributed by atoms with E-state index in [1.165, 1.54) is 15.3 Å². The average molecular weight is 301 g/mol. The highest BCUT2D eigenvalue weighted by molar-refractivity contribution is 7.92. The van der Waals surface area contributed by atoms with Crippen LogP contribution >= 0.6 is 11.3 Å². The zero-order chi connectivity index (χ0) is 14.0. The van der Waals surface area contributed by atoms with Gasteiger partial charge >= 0.3 is 0 Å². The number of aryl methyl sites for hydroxylation is 2. The van der Waals surface area contributed by atoms with Crippen LogP contribution in [0, 0.1) is 13.8 Å². The number of sulfone groups is 1. The molecule has 1 aromatic heterocycles. The molecule has 1 aliphatic rings. The van der Waals surface area contributed by atoms with Gasteiger partial charge in [-0.1, -0.05) is 13.3 Å². The van der Waals surface area contributed by atoms with Crippen LogP contribution in [0.25, 0.3) is 0 Å². The third-order valence-corrected chi connectivity index (χ3v) is 7.31. The van der Waals surface area contributed by atoms with Crippen molar-refractivity contribution in [2.75, 3.05) is 12.3 Å². The molecular weight excluding hydrogens is 278 g/mol. The fourth-order valence-electron chi connectivity index (χ4n) is 2.93. The van der Waals surface area contributed by atoms with Gasteiger partial charge in [-0.2, -0.15) is 0 Å². The molecule has 2 unspecified atom stereocenters. The summed E-state index contributed by atoms with van der Waals surface area (Å²) in [4.78, 5) is 2.46. The quantitative estimate of drug-likeness (QED) is 0.930. The van der Waals surface area contributed by atoms with Crippen LogP contribution in [0.1, 0.15) is 47.5 Å². The molecule has 1 aromatic rings. The largest absolute Gasteiger partial charge is 0.308 e. The van der Waals surface area contributed by atoms with E-state index in [0.29, 0.717) is 5.75 Å². The molecule has 0 aromatic carbocycles. The number of hydrogen-bond donors (Lipinski definition) is 1. The Bertz CT molecular complexity index is 534. The molecule has 108 valence electrons. The standard InChI is InChI=1S/C14H23NO2S2/c1-4-15-13(14-10(2)9-11(3)18-14)12-7-5-6-8-19(12,16)17/h9,12-13,15H,4-8H2,1-3H3. The molecule has 0 spiro atoms. The summed E-state index contributed by atoms with van der Waals surface area (Å²) in [6.07, 6.45) is 2.63. The smallest absolute Gasteiger partial charge is 0.155 e. The van der Waals surface area contributed by atoms with Crippen molar-refractivity contribution in [2.45, 2.75) is 51.3 Å². The van der Waals surface area contributed by atoms with Crippen molar-refractivity contribution >= 4 is 21.2 Å². The van der Waals surface area contributed by atoms with Gasteiger partial charge in [0.05, 0.1) is 17.0 Å². The highest BCUT2D eigenvalue weighted by atomic mass is 32.2. The molecule has 19 heavy (non-hydrogen) atoms. The van der Waals surface area contributed by atoms with E-state index >= 15 is 0 Å². The average Bonchev–Trinajstić information content (AvgIpc) is 2.65. The molecule has 2 heterocycles. The van der Waals surface area contributed by atoms with Gasteiger partial charge in [0.1, 0.15) is 0 Å². The van der Waals surface area contributed by atoms with Crippen LogP contribution < -0.4 is 5.32 Å². The highest BCUT2D eigenvalue weighted by Gasteiger charge is 2.37. The lowest BCUT2D eigenvalue weighted by atomic mass is 10.0. The molecule has 2 rings (SSSR count). The normalized spacial score (nSPS) is 24.3. The Hall–Kier alpha value is -0.390. The van der Waals surface area contributed by atoms with Crippen LogP contribution in [0.4, 0.5) is 0 Å². The van der Waals surface area contributed by atoms with E-state index in [1.807, 2.05) is 6.92 Å². The lowest BCUT2D eigenvalue weighted by molar-refractivity contribution is 0.457. The van der Waals surface area contributed by atoms with Gasteiger partial charge in [-0.15, -0.1) is 11.3 Å². The van der Waals surface area contributed by atoms with Gasteiger partial charge < -0.3 is 5.32 Å². The van der Waals surface area contributed by atoms with Gasteiger partial charge in [-0.25, -0.2) is 8.42 Å². The predicted octanol–water partition coefficient (Wildman–Crippen LogP) is 2.98. The van der Waals surface area contributed by atoms with Crippen molar-refractivity contribution in [3.05, 3.63) is 21.4 Å². The molecule has 1 saturated heterocycles. The molecule has 0 amide bonds. The molecule has 2 atom stereocenters. The summed E-state index contributed by atoms with van der Waals surface area (Å²) < 4.78 is 24.7. The van der Waals surface area contributed by atoms with E-state index in [-0.39, 0.29) is 11.3 Å². The number of hydrogen-bond acceptors (Lipinski definition) is 4. The number of thiophene rings is 1. The van der Waals surface area contributed by atoms with E-state index in [9.17, 15) is 8.42 Å². The third kappa shape index (κ3) is 3.20. The fraction of sp³-hybridized carbons (Fsp3) is 0.714. The predicted molar refractivity (Wildman–Crippen MR) is 81.6 cm³/mol. The minimum absolute atomic E-state index is 0.0333. The first-order valence-corrected chi connectivity index (χ1v) is 9.50. The van der Waals surface area contributed by atoms with Crippen molar-refractivity contribution in [3.63, 3.8) is 0 Å². The van der Waals surface area contributed by atoms with Crippen molar-refractivity contribution < 1.29 is 8.42 Å². The molecule has 0 bridgehead atoms. The molecule has 0 radical (unpaired) electrons. The molecular formula is C14H23NO2S2. The second-order valence-electron chi connectivity index (χ2n) is 5.34. The van der Waals surface area contributed by atoms with Crippen LogP contribution in [0.5, 0.6) is 0 Å². The number of nitrogens with one attached hydrogen (secondary N) is 1. The van der Waals surface area contributed by atoms with Crippen molar-refractivity contribution in [2.24, 2.45) is 0 Å². The van der Waals surface area contributed by atoms with Gasteiger partial charge in [-0.3, -0.25) is 0 Å². The SMILES string of the molecule is CCNC(c1sc(C)cc1C)C1CCCCS1(=O)=O. The molecule has 1 aliphatic heterocycles. The minimum Gasteiger partial charge on any atom is -0.308 e. The Balaban J connectivity index is 2.37. The van der Waals surface area contributed by atoms with Gasteiger partial charge in [0.25, 0.3) is 0 Å². The highest BCUT2D eigenvalue weighted by Crippen LogP contribution is 2.36. The first-order chi connectivity index (χ1) is 8.95. The zero-order valence-corrected chi connectivity index (χ0v) is 13.5. The molecule has 5 heteroatoms. The summed E-state index contributed by atoms with van der Waals surface area (Å²) in [6, 6.07) is 2.12. The fourth-order valence-corrected chi connectivity index (χ4v) is 6.28. The van der Waals surface area contributed by atoms with E-state index in [0.717, 1.165) is 25.8 Å². The van der Waals surface area contributed by atoms with Crippen molar-refractivity contribution in [1.82, 2.24) is 5.32 Å². The monoisotopic (exact) mass is 301 g/mol. The zero-order valence-electron chi connectivity index (χ0n) is 11.9. The van der Waals surface area contributed by atoms with Crippen molar-refractivity contribution in [3.8, 4) is 0 Å². The Morgan fingerprint density at radius 2 is 2.16 bits per heavy atom. The van der Waals surface area contributed by atoms with Gasteiger partial charge in [0.2, 0.25) is 0 Å². The molecule has 0 saturated carbocycles. The summed E-state index contributed by atoms with van der Waals surface area (Å²) in [5, 5.41) is 3.16. The Morgan fingerprint density at radius 1 is 1.42 bits per heavy atom. The van der Waals surface area contributed by atoms with Crippen LogP contribution in [-0.2, 0) is 9.84 Å². The second-order valence-corrected chi connectivity index (χ2v) is 8.97. The van der Waals surface area contributed by atoms with Gasteiger partial charge in [-0.05, 0) is 44.9 Å². The molecule has 1 N–H and O–H groups in total. The maximum atomic E-state index is 12.4. The van der Waals surface area contributed by atoms with Crippen LogP contribution in [0.3, 0.4) is 0 Å². The van der Waals surface area contributed by atoms with Gasteiger partial charge in [0, 0.05) is 9.75 Å². The van der Waals surface area contributed by atoms with Crippen LogP contribution in [0.2, 0.25) is 0 Å². The first-order valence-electron chi connectivity index (χ1n) is 6.97. The maximum absolute atomic E-state index is 12.4. The summed E-state index contributed by atoms with van der Waals surface area (Å²) in [6.45, 7) is 7.00. The van der Waals surface area contributed by atoms with Crippen LogP contribution in [-0.4, -0.2) is 26.0 Å². The summed E-state index contributed by atoms with van der Waals surface area (Å²) >= 11 is 1.73. The summed E-state index contributed by atoms with van der Waals surface area (Å²) in [5.74, 6) is 0.350. The van der Waals surface area contributed by atoms with E-state index < -0.39 is 9.84 Å². The van der Waals surface area contributed by atoms with E-state index in [1.54, 1.807) is 11.3 Å². The van der Waals surface area contributed by atoms with Crippen LogP contribution in [0.15, 0.2) is 6.07 Å². The second kappa shape index (κ2) is 5.94. The summed E-state index contributed by atoms with van der Waals surface area (Å²) in [5.41, 5.74) is 1.22. The van der Waals surface area contributed by atoms with Crippen molar-refractivity contribution in [1.29, 1.82) is 0 Å². The van der Waals surface area contributed by atoms with E-state index in [2.05, 4.69) is 25.2 Å². The lowest BCUT2D eigenvalue weighted by Crippen LogP contribution is -2.40. The summed E-state index contributed by atoms with van der Waals surface area (Å²) in [7, 11) is -2.96. The molecule has 3 nitrogen and oxygen atoms in total. The lowest BCUT2D eigenvalue weighted by Gasteiger charge is -2.30.